The summed E-state index contributed by atoms with van der Waals surface area (Å²) in [6.07, 6.45) is 5.21. The van der Waals surface area contributed by atoms with Crippen LogP contribution in [0.4, 0.5) is 0 Å². The number of rotatable bonds is 5. The zero-order chi connectivity index (χ0) is 16.9. The van der Waals surface area contributed by atoms with Gasteiger partial charge >= 0.3 is 0 Å². The molecule has 3 rings (SSSR count). The maximum absolute atomic E-state index is 12.5. The fraction of sp³-hybridized carbons (Fsp3) is 0.500. The quantitative estimate of drug-likeness (QED) is 0.889. The molecule has 24 heavy (non-hydrogen) atoms. The van der Waals surface area contributed by atoms with Crippen molar-refractivity contribution in [3.8, 4) is 0 Å². The molecule has 1 aliphatic heterocycles. The van der Waals surface area contributed by atoms with Gasteiger partial charge < -0.3 is 14.7 Å². The van der Waals surface area contributed by atoms with Gasteiger partial charge in [0.1, 0.15) is 11.1 Å². The molecule has 0 aliphatic carbocycles. The van der Waals surface area contributed by atoms with E-state index in [1.807, 2.05) is 11.8 Å². The van der Waals surface area contributed by atoms with E-state index in [4.69, 9.17) is 4.52 Å². The van der Waals surface area contributed by atoms with Crippen molar-refractivity contribution in [2.45, 2.75) is 32.2 Å². The number of likely N-dealkylation sites (tertiary alicyclic amines) is 1. The first-order valence-corrected chi connectivity index (χ1v) is 8.88. The Morgan fingerprint density at radius 3 is 3.12 bits per heavy atom. The van der Waals surface area contributed by atoms with E-state index in [9.17, 15) is 9.59 Å². The molecule has 1 N–H and O–H groups in total. The Balaban J connectivity index is 1.54. The number of amides is 2. The highest BCUT2D eigenvalue weighted by Gasteiger charge is 2.29. The van der Waals surface area contributed by atoms with Crippen molar-refractivity contribution >= 4 is 23.2 Å². The highest BCUT2D eigenvalue weighted by molar-refractivity contribution is 7.11. The van der Waals surface area contributed by atoms with Gasteiger partial charge in [-0.05, 0) is 25.7 Å². The van der Waals surface area contributed by atoms with Gasteiger partial charge in [0.05, 0.1) is 23.8 Å². The molecule has 2 aromatic rings. The number of hydrogen-bond acceptors (Lipinski definition) is 6. The largest absolute Gasteiger partial charge is 0.364 e. The van der Waals surface area contributed by atoms with Gasteiger partial charge in [0.25, 0.3) is 5.91 Å². The smallest absolute Gasteiger partial charge is 0.265 e. The first kappa shape index (κ1) is 16.6. The molecule has 0 radical (unpaired) electrons. The summed E-state index contributed by atoms with van der Waals surface area (Å²) in [7, 11) is 0. The van der Waals surface area contributed by atoms with Crippen LogP contribution in [0.3, 0.4) is 0 Å². The molecule has 1 aliphatic rings. The van der Waals surface area contributed by atoms with Gasteiger partial charge in [0.15, 0.2) is 0 Å². The van der Waals surface area contributed by atoms with Crippen LogP contribution in [-0.2, 0) is 11.2 Å². The third-order valence-electron chi connectivity index (χ3n) is 4.32. The molecule has 1 fully saturated rings. The third-order valence-corrected chi connectivity index (χ3v) is 5.08. The summed E-state index contributed by atoms with van der Waals surface area (Å²) in [5.74, 6) is 0.197. The van der Waals surface area contributed by atoms with E-state index < -0.39 is 0 Å². The molecule has 3 heterocycles. The van der Waals surface area contributed by atoms with Crippen molar-refractivity contribution in [2.24, 2.45) is 5.92 Å². The van der Waals surface area contributed by atoms with Crippen LogP contribution in [0.15, 0.2) is 28.6 Å². The van der Waals surface area contributed by atoms with E-state index in [2.05, 4.69) is 15.5 Å². The molecule has 2 aromatic heterocycles. The number of piperidine rings is 1. The zero-order valence-electron chi connectivity index (χ0n) is 13.5. The monoisotopic (exact) mass is 348 g/mol. The van der Waals surface area contributed by atoms with Crippen molar-refractivity contribution in [3.63, 3.8) is 0 Å². The van der Waals surface area contributed by atoms with Crippen molar-refractivity contribution in [2.75, 3.05) is 13.1 Å². The summed E-state index contributed by atoms with van der Waals surface area (Å²) >= 11 is 1.36. The zero-order valence-corrected chi connectivity index (χ0v) is 14.3. The van der Waals surface area contributed by atoms with Gasteiger partial charge in [0.2, 0.25) is 5.91 Å². The Hall–Kier alpha value is -2.22. The summed E-state index contributed by atoms with van der Waals surface area (Å²) in [5, 5.41) is 6.76. The molecular weight excluding hydrogens is 328 g/mol. The Morgan fingerprint density at radius 1 is 1.54 bits per heavy atom. The summed E-state index contributed by atoms with van der Waals surface area (Å²) < 4.78 is 4.73. The molecule has 128 valence electrons. The Kier molecular flexibility index (Phi) is 5.24. The van der Waals surface area contributed by atoms with Gasteiger partial charge in [-0.15, -0.1) is 11.3 Å². The average Bonchev–Trinajstić information content (AvgIpc) is 3.27. The van der Waals surface area contributed by atoms with Gasteiger partial charge in [-0.1, -0.05) is 5.16 Å². The van der Waals surface area contributed by atoms with E-state index in [-0.39, 0.29) is 30.2 Å². The number of carbonyl (C=O) groups excluding carboxylic acids is 2. The minimum Gasteiger partial charge on any atom is -0.364 e. The van der Waals surface area contributed by atoms with Crippen LogP contribution in [0.1, 0.15) is 35.1 Å². The second kappa shape index (κ2) is 7.57. The topological polar surface area (TPSA) is 88.3 Å². The van der Waals surface area contributed by atoms with Crippen molar-refractivity contribution < 1.29 is 14.1 Å². The minimum atomic E-state index is -0.0812. The number of carbonyl (C=O) groups is 2. The summed E-state index contributed by atoms with van der Waals surface area (Å²) in [6, 6.07) is 1.68. The Labute approximate surface area is 144 Å². The van der Waals surface area contributed by atoms with E-state index >= 15 is 0 Å². The lowest BCUT2D eigenvalue weighted by atomic mass is 9.91. The second-order valence-electron chi connectivity index (χ2n) is 6.04. The maximum Gasteiger partial charge on any atom is 0.265 e. The minimum absolute atomic E-state index is 0.00135. The average molecular weight is 348 g/mol. The van der Waals surface area contributed by atoms with Crippen LogP contribution >= 0.6 is 11.3 Å². The number of nitrogens with one attached hydrogen (secondary N) is 1. The second-order valence-corrected chi connectivity index (χ2v) is 6.93. The van der Waals surface area contributed by atoms with Crippen molar-refractivity contribution in [1.82, 2.24) is 20.4 Å². The molecule has 0 aromatic carbocycles. The summed E-state index contributed by atoms with van der Waals surface area (Å²) in [5.41, 5.74) is 2.28. The third kappa shape index (κ3) is 4.00. The highest BCUT2D eigenvalue weighted by atomic mass is 32.1. The number of aromatic nitrogens is 2. The van der Waals surface area contributed by atoms with Crippen LogP contribution in [0.2, 0.25) is 0 Å². The number of hydrogen-bond donors (Lipinski definition) is 1. The van der Waals surface area contributed by atoms with Crippen LogP contribution in [0.25, 0.3) is 0 Å². The normalized spacial score (nSPS) is 19.0. The molecular formula is C16H20N4O3S. The fourth-order valence-electron chi connectivity index (χ4n) is 3.00. The van der Waals surface area contributed by atoms with Crippen LogP contribution < -0.4 is 5.32 Å². The number of nitrogens with zero attached hydrogens (tertiary/aromatic N) is 3. The Bertz CT molecular complexity index is 672. The lowest BCUT2D eigenvalue weighted by Gasteiger charge is -2.35. The predicted molar refractivity (Wildman–Crippen MR) is 88.6 cm³/mol. The predicted octanol–water partition coefficient (Wildman–Crippen LogP) is 1.73. The summed E-state index contributed by atoms with van der Waals surface area (Å²) in [6.45, 7) is 3.40. The molecule has 0 bridgehead atoms. The Morgan fingerprint density at radius 2 is 2.42 bits per heavy atom. The maximum atomic E-state index is 12.5. The summed E-state index contributed by atoms with van der Waals surface area (Å²) in [4.78, 5) is 31.0. The standard InChI is InChI=1S/C16H20N4O3S/c1-11(18-15(21)7-13-4-6-23-19-13)12-3-2-5-20(9-12)16(22)14-8-17-10-24-14/h4,6,8,10-12H,2-3,5,7,9H2,1H3,(H,18,21). The van der Waals surface area contributed by atoms with Crippen molar-refractivity contribution in [3.05, 3.63) is 34.6 Å². The molecule has 7 nitrogen and oxygen atoms in total. The van der Waals surface area contributed by atoms with E-state index in [0.29, 0.717) is 17.1 Å². The van der Waals surface area contributed by atoms with Crippen molar-refractivity contribution in [1.29, 1.82) is 0 Å². The van der Waals surface area contributed by atoms with Gasteiger partial charge in [-0.2, -0.15) is 0 Å². The lowest BCUT2D eigenvalue weighted by molar-refractivity contribution is -0.121. The first-order valence-electron chi connectivity index (χ1n) is 8.00. The molecule has 2 atom stereocenters. The molecule has 2 amide bonds. The molecule has 8 heteroatoms. The van der Waals surface area contributed by atoms with Gasteiger partial charge in [0, 0.05) is 25.2 Å². The van der Waals surface area contributed by atoms with Crippen LogP contribution in [0.5, 0.6) is 0 Å². The molecule has 1 saturated heterocycles. The molecule has 2 unspecified atom stereocenters. The van der Waals surface area contributed by atoms with Crippen LogP contribution in [-0.4, -0.2) is 46.0 Å². The van der Waals surface area contributed by atoms with Crippen LogP contribution in [0, 0.1) is 5.92 Å². The first-order chi connectivity index (χ1) is 11.6. The SMILES string of the molecule is CC(NC(=O)Cc1ccon1)C1CCCN(C(=O)c2cncs2)C1. The molecule has 0 spiro atoms. The van der Waals surface area contributed by atoms with Gasteiger partial charge in [-0.25, -0.2) is 0 Å². The van der Waals surface area contributed by atoms with E-state index in [1.54, 1.807) is 17.8 Å². The highest BCUT2D eigenvalue weighted by Crippen LogP contribution is 2.22. The van der Waals surface area contributed by atoms with E-state index in [0.717, 1.165) is 19.4 Å². The fourth-order valence-corrected chi connectivity index (χ4v) is 3.58. The molecule has 0 saturated carbocycles. The number of thiazole rings is 1. The van der Waals surface area contributed by atoms with E-state index in [1.165, 1.54) is 17.6 Å². The van der Waals surface area contributed by atoms with Gasteiger partial charge in [-0.3, -0.25) is 14.6 Å². The lowest BCUT2D eigenvalue weighted by Crippen LogP contribution is -2.48.